The lowest BCUT2D eigenvalue weighted by Crippen LogP contribution is -2.19. The Morgan fingerprint density at radius 2 is 0.561 bits per heavy atom. The maximum Gasteiger partial charge on any atom is 0.164 e. The largest absolute Gasteiger partial charge is 0.354 e. The van der Waals surface area contributed by atoms with E-state index in [4.69, 9.17) is 15.0 Å². The Kier molecular flexibility index (Phi) is 12.9. The first-order valence-corrected chi connectivity index (χ1v) is 28.1. The van der Waals surface area contributed by atoms with E-state index in [0.29, 0.717) is 17.5 Å². The van der Waals surface area contributed by atoms with Crippen LogP contribution < -0.4 is 0 Å². The van der Waals surface area contributed by atoms with Gasteiger partial charge in [-0.05, 0) is 150 Å². The van der Waals surface area contributed by atoms with Gasteiger partial charge >= 0.3 is 0 Å². The molecule has 0 bridgehead atoms. The van der Waals surface area contributed by atoms with Crippen LogP contribution in [0.25, 0.3) is 134 Å². The number of H-pyrrole nitrogens is 1. The smallest absolute Gasteiger partial charge is 0.164 e. The van der Waals surface area contributed by atoms with Gasteiger partial charge in [0, 0.05) is 38.4 Å². The van der Waals surface area contributed by atoms with Crippen molar-refractivity contribution in [3.8, 4) is 112 Å². The third-order valence-electron chi connectivity index (χ3n) is 16.1. The molecule has 4 nitrogen and oxygen atoms in total. The molecule has 0 fully saturated rings. The molecule has 82 heavy (non-hydrogen) atoms. The van der Waals surface area contributed by atoms with Crippen LogP contribution in [0.5, 0.6) is 0 Å². The summed E-state index contributed by atoms with van der Waals surface area (Å²) in [5.41, 5.74) is 22.7. The Bertz CT molecular complexity index is 4530. The number of nitrogens with one attached hydrogen (secondary N) is 1. The summed E-state index contributed by atoms with van der Waals surface area (Å²) in [7, 11) is 0. The molecule has 4 heteroatoms. The third-order valence-corrected chi connectivity index (χ3v) is 16.1. The molecule has 0 radical (unpaired) electrons. The van der Waals surface area contributed by atoms with Gasteiger partial charge < -0.3 is 4.98 Å². The average molecular weight is 1050 g/mol. The summed E-state index contributed by atoms with van der Waals surface area (Å²) < 4.78 is 0. The Balaban J connectivity index is 0.933. The second-order valence-electron chi connectivity index (χ2n) is 21.7. The molecule has 0 saturated carbocycles. The highest BCUT2D eigenvalue weighted by molar-refractivity contribution is 6.11. The summed E-state index contributed by atoms with van der Waals surface area (Å²) in [6.07, 6.45) is 0. The zero-order valence-corrected chi connectivity index (χ0v) is 45.6. The van der Waals surface area contributed by atoms with Crippen LogP contribution in [0.1, 0.15) is 25.0 Å². The van der Waals surface area contributed by atoms with Crippen molar-refractivity contribution in [1.82, 2.24) is 19.9 Å². The van der Waals surface area contributed by atoms with Crippen LogP contribution in [-0.4, -0.2) is 19.9 Å². The van der Waals surface area contributed by atoms with Crippen molar-refractivity contribution >= 4 is 21.8 Å². The lowest BCUT2D eigenvalue weighted by atomic mass is 9.75. The predicted octanol–water partition coefficient (Wildman–Crippen LogP) is 20.5. The van der Waals surface area contributed by atoms with Crippen LogP contribution in [0.3, 0.4) is 0 Å². The molecule has 0 spiro atoms. The van der Waals surface area contributed by atoms with Crippen molar-refractivity contribution in [3.05, 3.63) is 308 Å². The summed E-state index contributed by atoms with van der Waals surface area (Å²) >= 11 is 0. The average Bonchev–Trinajstić information content (AvgIpc) is 4.17. The van der Waals surface area contributed by atoms with Crippen molar-refractivity contribution in [3.63, 3.8) is 0 Å². The molecule has 388 valence electrons. The zero-order chi connectivity index (χ0) is 55.0. The number of hydrogen-bond donors (Lipinski definition) is 1. The minimum Gasteiger partial charge on any atom is -0.354 e. The highest BCUT2D eigenvalue weighted by Gasteiger charge is 2.29. The van der Waals surface area contributed by atoms with Gasteiger partial charge in [0.1, 0.15) is 0 Å². The minimum atomic E-state index is -0.441. The third kappa shape index (κ3) is 9.78. The van der Waals surface area contributed by atoms with E-state index >= 15 is 0 Å². The maximum absolute atomic E-state index is 5.48. The lowest BCUT2D eigenvalue weighted by Gasteiger charge is -2.28. The number of aromatic nitrogens is 4. The molecule has 0 aliphatic carbocycles. The van der Waals surface area contributed by atoms with Gasteiger partial charge in [-0.2, -0.15) is 0 Å². The minimum absolute atomic E-state index is 0.441. The lowest BCUT2D eigenvalue weighted by molar-refractivity contribution is 0.646. The monoisotopic (exact) mass is 1050 g/mol. The number of fused-ring (bicyclic) bond motifs is 3. The van der Waals surface area contributed by atoms with Gasteiger partial charge in [0.15, 0.2) is 17.5 Å². The van der Waals surface area contributed by atoms with Crippen molar-refractivity contribution in [1.29, 1.82) is 0 Å². The first-order valence-electron chi connectivity index (χ1n) is 28.1. The van der Waals surface area contributed by atoms with Gasteiger partial charge in [-0.15, -0.1) is 0 Å². The topological polar surface area (TPSA) is 54.5 Å². The quantitative estimate of drug-likeness (QED) is 0.133. The fourth-order valence-corrected chi connectivity index (χ4v) is 11.6. The van der Waals surface area contributed by atoms with Gasteiger partial charge in [-0.3, -0.25) is 0 Å². The Hall–Kier alpha value is -10.6. The van der Waals surface area contributed by atoms with E-state index in [2.05, 4.69) is 310 Å². The zero-order valence-electron chi connectivity index (χ0n) is 45.6. The normalized spacial score (nSPS) is 11.5. The van der Waals surface area contributed by atoms with Crippen LogP contribution >= 0.6 is 0 Å². The van der Waals surface area contributed by atoms with Crippen LogP contribution in [0.15, 0.2) is 297 Å². The maximum atomic E-state index is 5.48. The summed E-state index contributed by atoms with van der Waals surface area (Å²) in [6.45, 7) is 4.72. The van der Waals surface area contributed by atoms with Crippen LogP contribution in [0.2, 0.25) is 0 Å². The van der Waals surface area contributed by atoms with Gasteiger partial charge in [-0.25, -0.2) is 15.0 Å². The summed E-state index contributed by atoms with van der Waals surface area (Å²) in [5.74, 6) is 1.77. The summed E-state index contributed by atoms with van der Waals surface area (Å²) in [5, 5.41) is 2.42. The number of nitrogens with zero attached hydrogens (tertiary/aromatic N) is 3. The molecule has 0 aliphatic heterocycles. The van der Waals surface area contributed by atoms with Crippen LogP contribution in [-0.2, 0) is 5.41 Å². The van der Waals surface area contributed by atoms with Crippen molar-refractivity contribution in [2.45, 2.75) is 19.3 Å². The molecule has 14 aromatic rings. The molecule has 0 amide bonds. The van der Waals surface area contributed by atoms with Gasteiger partial charge in [-0.1, -0.05) is 250 Å². The molecular weight excluding hydrogens is 993 g/mol. The van der Waals surface area contributed by atoms with E-state index in [-0.39, 0.29) is 0 Å². The first kappa shape index (κ1) is 49.7. The SMILES string of the molecule is CC(C)(c1cccc(-c2cc(-c3ccccc3)cc(-c3nc(-c4ccc(-c5ccccc5)cc4)nc(-c4cc(-c5ccccc5)cc(-c5ccccc5)c4)n3)c2)c1)c1cc(-c2ccccc2)cc2c1[nH]c1ccc(-c3ccccc3)cc12. The number of aromatic amines is 1. The van der Waals surface area contributed by atoms with Crippen molar-refractivity contribution in [2.24, 2.45) is 0 Å². The molecular formula is C78H56N4. The van der Waals surface area contributed by atoms with Crippen molar-refractivity contribution < 1.29 is 0 Å². The summed E-state index contributed by atoms with van der Waals surface area (Å²) in [6, 6.07) is 106. The Morgan fingerprint density at radius 1 is 0.244 bits per heavy atom. The van der Waals surface area contributed by atoms with Gasteiger partial charge in [0.05, 0.1) is 5.52 Å². The fraction of sp³-hybridized carbons (Fsp3) is 0.0385. The standard InChI is InChI=1S/C78H56N4/c1-78(2,72-51-66(57-32-19-8-20-33-57)50-71-70-49-61(53-24-11-4-12-25-53)40-41-73(70)79-74(71)72)69-35-21-34-60(48-69)65-43-64(56-30-17-7-18-31-56)46-68(47-65)77-81-75(59-38-36-58(37-39-59)52-22-9-3-10-23-52)80-76(82-77)67-44-62(54-26-13-5-14-27-54)42-63(45-67)55-28-15-6-16-29-55/h3-51,79H,1-2H3. The fourth-order valence-electron chi connectivity index (χ4n) is 11.6. The molecule has 14 rings (SSSR count). The second-order valence-corrected chi connectivity index (χ2v) is 21.7. The van der Waals surface area contributed by atoms with E-state index in [1.165, 1.54) is 44.2 Å². The van der Waals surface area contributed by atoms with Gasteiger partial charge in [0.25, 0.3) is 0 Å². The molecule has 0 unspecified atom stereocenters. The van der Waals surface area contributed by atoms with E-state index in [1.54, 1.807) is 0 Å². The van der Waals surface area contributed by atoms with Gasteiger partial charge in [0.2, 0.25) is 0 Å². The molecule has 2 aromatic heterocycles. The molecule has 0 atom stereocenters. The Labute approximate surface area is 478 Å². The first-order chi connectivity index (χ1) is 40.3. The molecule has 0 saturated heterocycles. The van der Waals surface area contributed by atoms with E-state index in [9.17, 15) is 0 Å². The second kappa shape index (κ2) is 21.3. The number of rotatable bonds is 12. The van der Waals surface area contributed by atoms with Crippen molar-refractivity contribution in [2.75, 3.05) is 0 Å². The highest BCUT2D eigenvalue weighted by Crippen LogP contribution is 2.44. The van der Waals surface area contributed by atoms with Crippen LogP contribution in [0.4, 0.5) is 0 Å². The Morgan fingerprint density at radius 3 is 1.02 bits per heavy atom. The predicted molar refractivity (Wildman–Crippen MR) is 342 cm³/mol. The van der Waals surface area contributed by atoms with Crippen LogP contribution in [0, 0.1) is 0 Å². The molecule has 0 aliphatic rings. The molecule has 12 aromatic carbocycles. The highest BCUT2D eigenvalue weighted by atomic mass is 15.0. The number of benzene rings is 12. The van der Waals surface area contributed by atoms with E-state index in [1.807, 2.05) is 6.07 Å². The molecule has 1 N–H and O–H groups in total. The molecule has 2 heterocycles. The number of hydrogen-bond acceptors (Lipinski definition) is 3. The summed E-state index contributed by atoms with van der Waals surface area (Å²) in [4.78, 5) is 20.2. The van der Waals surface area contributed by atoms with E-state index < -0.39 is 5.41 Å². The van der Waals surface area contributed by atoms with E-state index in [0.717, 1.165) is 83.4 Å².